The van der Waals surface area contributed by atoms with Crippen LogP contribution in [0.3, 0.4) is 0 Å². The Balaban J connectivity index is 2.75. The fourth-order valence-electron chi connectivity index (χ4n) is 1.79. The van der Waals surface area contributed by atoms with Crippen molar-refractivity contribution in [1.82, 2.24) is 10.8 Å². The van der Waals surface area contributed by atoms with Gasteiger partial charge in [-0.1, -0.05) is 17.9 Å². The van der Waals surface area contributed by atoms with Gasteiger partial charge >= 0.3 is 0 Å². The van der Waals surface area contributed by atoms with Crippen LogP contribution >= 0.6 is 0 Å². The predicted octanol–water partition coefficient (Wildman–Crippen LogP) is 0.0131. The molecule has 2 amide bonds. The molecule has 0 aliphatic rings. The number of amides is 2. The summed E-state index contributed by atoms with van der Waals surface area (Å²) >= 11 is 0. The second-order valence-electron chi connectivity index (χ2n) is 5.19. The molecule has 0 saturated carbocycles. The highest BCUT2D eigenvalue weighted by atomic mass is 16.5. The third-order valence-electron chi connectivity index (χ3n) is 3.16. The average molecular weight is 360 g/mol. The van der Waals surface area contributed by atoms with Gasteiger partial charge < -0.3 is 20.6 Å². The van der Waals surface area contributed by atoms with Crippen molar-refractivity contribution in [2.24, 2.45) is 0 Å². The molecule has 8 nitrogen and oxygen atoms in total. The second-order valence-corrected chi connectivity index (χ2v) is 5.19. The van der Waals surface area contributed by atoms with Crippen LogP contribution in [0, 0.1) is 11.8 Å². The van der Waals surface area contributed by atoms with Crippen LogP contribution in [0.25, 0.3) is 0 Å². The number of nitrogens with one attached hydrogen (secondary N) is 2. The first-order valence-corrected chi connectivity index (χ1v) is 7.59. The zero-order chi connectivity index (χ0) is 19.5. The normalized spacial score (nSPS) is 13.5. The number of hydrogen-bond donors (Lipinski definition) is 6. The first-order chi connectivity index (χ1) is 12.4. The standard InChI is InChI=1S/C18H20N2O6/c1-12(22)16(18(25)20-26)19-17(24)14-9-7-13(8-10-14)5-3-2-4-6-15(23)11-21/h2,4,6-10,12,16,21-23,26H,11H2,1H3,(H,19,24)(H,20,25)/b4-2+,15-6-/t12-,16-/m0/s1. The van der Waals surface area contributed by atoms with E-state index in [0.717, 1.165) is 0 Å². The minimum absolute atomic E-state index is 0.177. The highest BCUT2D eigenvalue weighted by molar-refractivity contribution is 5.97. The van der Waals surface area contributed by atoms with Crippen LogP contribution in [0.15, 0.2) is 48.3 Å². The van der Waals surface area contributed by atoms with Gasteiger partial charge in [-0.3, -0.25) is 14.8 Å². The molecule has 2 atom stereocenters. The van der Waals surface area contributed by atoms with E-state index in [2.05, 4.69) is 17.2 Å². The van der Waals surface area contributed by atoms with Crippen LogP contribution in [0.4, 0.5) is 0 Å². The molecular weight excluding hydrogens is 340 g/mol. The van der Waals surface area contributed by atoms with Crippen molar-refractivity contribution in [2.45, 2.75) is 19.1 Å². The first-order valence-electron chi connectivity index (χ1n) is 7.59. The summed E-state index contributed by atoms with van der Waals surface area (Å²) in [5.41, 5.74) is 2.26. The van der Waals surface area contributed by atoms with Gasteiger partial charge in [0, 0.05) is 11.1 Å². The van der Waals surface area contributed by atoms with Crippen molar-refractivity contribution in [3.05, 3.63) is 59.4 Å². The lowest BCUT2D eigenvalue weighted by Gasteiger charge is -2.19. The lowest BCUT2D eigenvalue weighted by atomic mass is 10.1. The van der Waals surface area contributed by atoms with Crippen LogP contribution in [0.1, 0.15) is 22.8 Å². The van der Waals surface area contributed by atoms with Crippen molar-refractivity contribution < 1.29 is 30.1 Å². The van der Waals surface area contributed by atoms with E-state index in [1.54, 1.807) is 12.1 Å². The smallest absolute Gasteiger partial charge is 0.268 e. The number of hydroxylamine groups is 1. The fourth-order valence-corrected chi connectivity index (χ4v) is 1.79. The molecule has 6 N–H and O–H groups in total. The van der Waals surface area contributed by atoms with Crippen molar-refractivity contribution in [2.75, 3.05) is 6.61 Å². The lowest BCUT2D eigenvalue weighted by Crippen LogP contribution is -2.51. The Morgan fingerprint density at radius 2 is 1.92 bits per heavy atom. The van der Waals surface area contributed by atoms with E-state index in [4.69, 9.17) is 15.4 Å². The van der Waals surface area contributed by atoms with Gasteiger partial charge in [0.25, 0.3) is 11.8 Å². The van der Waals surface area contributed by atoms with Gasteiger partial charge in [0.2, 0.25) is 0 Å². The van der Waals surface area contributed by atoms with Crippen LogP contribution < -0.4 is 10.8 Å². The molecule has 0 bridgehead atoms. The van der Waals surface area contributed by atoms with Crippen molar-refractivity contribution in [3.8, 4) is 11.8 Å². The third-order valence-corrected chi connectivity index (χ3v) is 3.16. The summed E-state index contributed by atoms with van der Waals surface area (Å²) in [7, 11) is 0. The van der Waals surface area contributed by atoms with Gasteiger partial charge in [0.05, 0.1) is 6.10 Å². The van der Waals surface area contributed by atoms with Gasteiger partial charge in [-0.2, -0.15) is 0 Å². The van der Waals surface area contributed by atoms with E-state index in [-0.39, 0.29) is 11.3 Å². The van der Waals surface area contributed by atoms with Crippen LogP contribution in [0.2, 0.25) is 0 Å². The Morgan fingerprint density at radius 3 is 2.46 bits per heavy atom. The summed E-state index contributed by atoms with van der Waals surface area (Å²) in [5, 5.41) is 38.1. The van der Waals surface area contributed by atoms with Crippen LogP contribution in [-0.4, -0.2) is 51.1 Å². The fraction of sp³-hybridized carbons (Fsp3) is 0.222. The molecule has 8 heteroatoms. The summed E-state index contributed by atoms with van der Waals surface area (Å²) in [6.45, 7) is 0.860. The zero-order valence-corrected chi connectivity index (χ0v) is 14.0. The summed E-state index contributed by atoms with van der Waals surface area (Å²) < 4.78 is 0. The average Bonchev–Trinajstić information content (AvgIpc) is 2.64. The zero-order valence-electron chi connectivity index (χ0n) is 14.0. The molecule has 0 fully saturated rings. The second kappa shape index (κ2) is 10.7. The third kappa shape index (κ3) is 6.78. The Labute approximate surface area is 150 Å². The van der Waals surface area contributed by atoms with Gasteiger partial charge in [-0.25, -0.2) is 5.48 Å². The molecule has 1 aromatic carbocycles. The molecule has 0 radical (unpaired) electrons. The maximum Gasteiger partial charge on any atom is 0.268 e. The highest BCUT2D eigenvalue weighted by Gasteiger charge is 2.25. The lowest BCUT2D eigenvalue weighted by molar-refractivity contribution is -0.133. The minimum atomic E-state index is -1.29. The van der Waals surface area contributed by atoms with Gasteiger partial charge in [0.15, 0.2) is 0 Å². The summed E-state index contributed by atoms with van der Waals surface area (Å²) in [4.78, 5) is 23.5. The number of aliphatic hydroxyl groups excluding tert-OH is 3. The maximum absolute atomic E-state index is 12.1. The molecule has 1 aromatic rings. The molecule has 0 saturated heterocycles. The van der Waals surface area contributed by atoms with E-state index >= 15 is 0 Å². The highest BCUT2D eigenvalue weighted by Crippen LogP contribution is 2.05. The molecule has 0 unspecified atom stereocenters. The Bertz CT molecular complexity index is 741. The van der Waals surface area contributed by atoms with Crippen LogP contribution in [-0.2, 0) is 4.79 Å². The number of rotatable bonds is 6. The summed E-state index contributed by atoms with van der Waals surface area (Å²) in [5.74, 6) is 3.83. The molecule has 138 valence electrons. The SMILES string of the molecule is C[C@H](O)[C@H](NC(=O)c1ccc(C#C/C=C/C=C(\O)CO)cc1)C(=O)NO. The number of hydrogen-bond acceptors (Lipinski definition) is 6. The number of carbonyl (C=O) groups is 2. The van der Waals surface area contributed by atoms with E-state index < -0.39 is 30.6 Å². The molecule has 0 spiro atoms. The largest absolute Gasteiger partial charge is 0.510 e. The minimum Gasteiger partial charge on any atom is -0.510 e. The molecule has 1 rings (SSSR count). The Morgan fingerprint density at radius 1 is 1.27 bits per heavy atom. The van der Waals surface area contributed by atoms with E-state index in [0.29, 0.717) is 5.56 Å². The van der Waals surface area contributed by atoms with E-state index in [1.807, 2.05) is 0 Å². The van der Waals surface area contributed by atoms with Gasteiger partial charge in [-0.05, 0) is 43.3 Å². The quantitative estimate of drug-likeness (QED) is 0.139. The molecule has 26 heavy (non-hydrogen) atoms. The predicted molar refractivity (Wildman–Crippen MR) is 93.1 cm³/mol. The molecule has 0 aliphatic heterocycles. The van der Waals surface area contributed by atoms with E-state index in [9.17, 15) is 14.7 Å². The van der Waals surface area contributed by atoms with Crippen LogP contribution in [0.5, 0.6) is 0 Å². The molecule has 0 aromatic heterocycles. The topological polar surface area (TPSA) is 139 Å². The number of carbonyl (C=O) groups excluding carboxylic acids is 2. The number of benzene rings is 1. The number of allylic oxidation sites excluding steroid dienone is 3. The van der Waals surface area contributed by atoms with Crippen molar-refractivity contribution >= 4 is 11.8 Å². The first kappa shape index (κ1) is 20.9. The van der Waals surface area contributed by atoms with Crippen molar-refractivity contribution in [3.63, 3.8) is 0 Å². The monoisotopic (exact) mass is 360 g/mol. The van der Waals surface area contributed by atoms with Gasteiger partial charge in [-0.15, -0.1) is 0 Å². The van der Waals surface area contributed by atoms with Gasteiger partial charge in [0.1, 0.15) is 18.4 Å². The summed E-state index contributed by atoms with van der Waals surface area (Å²) in [6, 6.07) is 4.90. The summed E-state index contributed by atoms with van der Waals surface area (Å²) in [6.07, 6.45) is 3.07. The molecular formula is C18H20N2O6. The number of aliphatic hydroxyl groups is 3. The Kier molecular flexibility index (Phi) is 8.60. The molecule has 0 aliphatic carbocycles. The maximum atomic E-state index is 12.1. The van der Waals surface area contributed by atoms with E-state index in [1.165, 1.54) is 42.8 Å². The Hall–Kier alpha value is -3.12. The molecule has 0 heterocycles. The van der Waals surface area contributed by atoms with Crippen molar-refractivity contribution in [1.29, 1.82) is 0 Å².